The van der Waals surface area contributed by atoms with Gasteiger partial charge in [0.15, 0.2) is 0 Å². The minimum Gasteiger partial charge on any atom is -0.479 e. The Morgan fingerprint density at radius 2 is 2.13 bits per heavy atom. The predicted octanol–water partition coefficient (Wildman–Crippen LogP) is 1.95. The van der Waals surface area contributed by atoms with E-state index < -0.39 is 17.9 Å². The fraction of sp³-hybridized carbons (Fsp3) is 0.222. The first kappa shape index (κ1) is 12.1. The molecule has 0 bridgehead atoms. The zero-order valence-electron chi connectivity index (χ0n) is 7.45. The van der Waals surface area contributed by atoms with Gasteiger partial charge in [-0.25, -0.2) is 13.6 Å². The Balaban J connectivity index is 3.28. The highest BCUT2D eigenvalue weighted by atomic mass is 79.9. The Bertz CT molecular complexity index is 386. The predicted molar refractivity (Wildman–Crippen MR) is 53.6 cm³/mol. The lowest BCUT2D eigenvalue weighted by Crippen LogP contribution is -2.51. The van der Waals surface area contributed by atoms with Crippen LogP contribution in [-0.4, -0.2) is 17.5 Å². The molecule has 0 aliphatic rings. The van der Waals surface area contributed by atoms with E-state index in [1.807, 2.05) is 0 Å². The van der Waals surface area contributed by atoms with Crippen molar-refractivity contribution in [2.24, 2.45) is 5.73 Å². The SMILES string of the molecule is NC(C(=O)O)(c1cccc(Br)c1)C(F)F. The molecule has 3 N–H and O–H groups in total. The number of aliphatic carboxylic acids is 1. The van der Waals surface area contributed by atoms with E-state index in [1.54, 1.807) is 6.07 Å². The number of hydrogen-bond acceptors (Lipinski definition) is 2. The van der Waals surface area contributed by atoms with Crippen LogP contribution in [0.15, 0.2) is 28.7 Å². The summed E-state index contributed by atoms with van der Waals surface area (Å²) in [6, 6.07) is 5.56. The number of carboxylic acid groups (broad SMARTS) is 1. The Labute approximate surface area is 93.0 Å². The fourth-order valence-corrected chi connectivity index (χ4v) is 1.49. The molecule has 0 fully saturated rings. The zero-order valence-corrected chi connectivity index (χ0v) is 9.04. The van der Waals surface area contributed by atoms with Crippen molar-refractivity contribution in [3.63, 3.8) is 0 Å². The second-order valence-electron chi connectivity index (χ2n) is 2.99. The van der Waals surface area contributed by atoms with E-state index in [9.17, 15) is 13.6 Å². The number of alkyl halides is 2. The van der Waals surface area contributed by atoms with Crippen LogP contribution in [0.1, 0.15) is 5.56 Å². The molecule has 1 aromatic carbocycles. The van der Waals surface area contributed by atoms with Gasteiger partial charge < -0.3 is 10.8 Å². The maximum absolute atomic E-state index is 12.6. The van der Waals surface area contributed by atoms with Gasteiger partial charge >= 0.3 is 5.97 Å². The van der Waals surface area contributed by atoms with Crippen molar-refractivity contribution < 1.29 is 18.7 Å². The quantitative estimate of drug-likeness (QED) is 0.889. The van der Waals surface area contributed by atoms with E-state index in [1.165, 1.54) is 18.2 Å². The number of nitrogens with two attached hydrogens (primary N) is 1. The first-order valence-corrected chi connectivity index (χ1v) is 4.74. The minimum atomic E-state index is -3.18. The number of halogens is 3. The van der Waals surface area contributed by atoms with Gasteiger partial charge in [0.25, 0.3) is 6.43 Å². The summed E-state index contributed by atoms with van der Waals surface area (Å²) in [7, 11) is 0. The van der Waals surface area contributed by atoms with Crippen molar-refractivity contribution in [1.82, 2.24) is 0 Å². The van der Waals surface area contributed by atoms with Crippen LogP contribution in [0.2, 0.25) is 0 Å². The first-order valence-electron chi connectivity index (χ1n) is 3.95. The zero-order chi connectivity index (χ0) is 11.6. The molecular weight excluding hydrogens is 272 g/mol. The summed E-state index contributed by atoms with van der Waals surface area (Å²) in [5.74, 6) is -1.75. The van der Waals surface area contributed by atoms with Crippen LogP contribution < -0.4 is 5.73 Å². The average Bonchev–Trinajstić information content (AvgIpc) is 2.15. The molecule has 82 valence electrons. The normalized spacial score (nSPS) is 15.0. The summed E-state index contributed by atoms with van der Waals surface area (Å²) >= 11 is 3.06. The third-order valence-corrected chi connectivity index (χ3v) is 2.49. The number of benzene rings is 1. The monoisotopic (exact) mass is 279 g/mol. The second kappa shape index (κ2) is 4.24. The van der Waals surface area contributed by atoms with Gasteiger partial charge in [-0.05, 0) is 17.7 Å². The highest BCUT2D eigenvalue weighted by molar-refractivity contribution is 9.10. The second-order valence-corrected chi connectivity index (χ2v) is 3.90. The molecule has 3 nitrogen and oxygen atoms in total. The van der Waals surface area contributed by atoms with Gasteiger partial charge in [0, 0.05) is 4.47 Å². The van der Waals surface area contributed by atoms with E-state index in [-0.39, 0.29) is 5.56 Å². The highest BCUT2D eigenvalue weighted by Crippen LogP contribution is 2.28. The molecule has 0 aliphatic heterocycles. The van der Waals surface area contributed by atoms with E-state index in [4.69, 9.17) is 10.8 Å². The van der Waals surface area contributed by atoms with E-state index in [0.717, 1.165) is 0 Å². The topological polar surface area (TPSA) is 63.3 Å². The molecule has 0 spiro atoms. The lowest BCUT2D eigenvalue weighted by atomic mass is 9.92. The molecule has 0 heterocycles. The number of carbonyl (C=O) groups is 1. The van der Waals surface area contributed by atoms with E-state index in [0.29, 0.717) is 4.47 Å². The molecule has 6 heteroatoms. The maximum atomic E-state index is 12.6. The van der Waals surface area contributed by atoms with Crippen molar-refractivity contribution in [3.8, 4) is 0 Å². The van der Waals surface area contributed by atoms with Crippen molar-refractivity contribution in [2.75, 3.05) is 0 Å². The molecule has 15 heavy (non-hydrogen) atoms. The summed E-state index contributed by atoms with van der Waals surface area (Å²) in [6.45, 7) is 0. The smallest absolute Gasteiger partial charge is 0.334 e. The van der Waals surface area contributed by atoms with Gasteiger partial charge in [-0.15, -0.1) is 0 Å². The van der Waals surface area contributed by atoms with Gasteiger partial charge in [0.2, 0.25) is 5.54 Å². The Kier molecular flexibility index (Phi) is 3.41. The van der Waals surface area contributed by atoms with Crippen LogP contribution in [0.25, 0.3) is 0 Å². The Hall–Kier alpha value is -1.01. The lowest BCUT2D eigenvalue weighted by Gasteiger charge is -2.24. The number of hydrogen-bond donors (Lipinski definition) is 2. The summed E-state index contributed by atoms with van der Waals surface area (Å²) in [4.78, 5) is 10.8. The van der Waals surface area contributed by atoms with Crippen molar-refractivity contribution in [3.05, 3.63) is 34.3 Å². The van der Waals surface area contributed by atoms with Gasteiger partial charge in [0.1, 0.15) is 0 Å². The van der Waals surface area contributed by atoms with Gasteiger partial charge in [-0.3, -0.25) is 0 Å². The molecule has 0 amide bonds. The van der Waals surface area contributed by atoms with Crippen LogP contribution in [-0.2, 0) is 10.3 Å². The third kappa shape index (κ3) is 2.15. The molecule has 0 saturated heterocycles. The first-order chi connectivity index (χ1) is 6.89. The molecule has 0 aromatic heterocycles. The minimum absolute atomic E-state index is 0.139. The Morgan fingerprint density at radius 1 is 1.53 bits per heavy atom. The van der Waals surface area contributed by atoms with Crippen LogP contribution in [0, 0.1) is 0 Å². The van der Waals surface area contributed by atoms with Crippen LogP contribution in [0.5, 0.6) is 0 Å². The van der Waals surface area contributed by atoms with Crippen molar-refractivity contribution >= 4 is 21.9 Å². The highest BCUT2D eigenvalue weighted by Gasteiger charge is 2.45. The summed E-state index contributed by atoms with van der Waals surface area (Å²) in [5, 5.41) is 8.73. The summed E-state index contributed by atoms with van der Waals surface area (Å²) < 4.78 is 25.8. The average molecular weight is 280 g/mol. The molecule has 1 aromatic rings. The number of rotatable bonds is 3. The maximum Gasteiger partial charge on any atom is 0.334 e. The van der Waals surface area contributed by atoms with Gasteiger partial charge in [-0.2, -0.15) is 0 Å². The molecule has 1 atom stereocenters. The molecule has 0 radical (unpaired) electrons. The van der Waals surface area contributed by atoms with Crippen molar-refractivity contribution in [1.29, 1.82) is 0 Å². The third-order valence-electron chi connectivity index (χ3n) is 2.00. The summed E-state index contributed by atoms with van der Waals surface area (Å²) in [5.41, 5.74) is 2.40. The van der Waals surface area contributed by atoms with Gasteiger partial charge in [0.05, 0.1) is 0 Å². The molecule has 1 unspecified atom stereocenters. The molecular formula is C9H8BrF2NO2. The van der Waals surface area contributed by atoms with Crippen molar-refractivity contribution in [2.45, 2.75) is 12.0 Å². The fourth-order valence-electron chi connectivity index (χ4n) is 1.09. The molecule has 1 rings (SSSR count). The molecule has 0 aliphatic carbocycles. The number of carboxylic acids is 1. The molecule has 0 saturated carbocycles. The Morgan fingerprint density at radius 3 is 2.53 bits per heavy atom. The van der Waals surface area contributed by atoms with Crippen LogP contribution in [0.4, 0.5) is 8.78 Å². The van der Waals surface area contributed by atoms with Crippen LogP contribution >= 0.6 is 15.9 Å². The van der Waals surface area contributed by atoms with Crippen LogP contribution in [0.3, 0.4) is 0 Å². The standard InChI is InChI=1S/C9H8BrF2NO2/c10-6-3-1-2-5(4-6)9(13,7(11)12)8(14)15/h1-4,7H,13H2,(H,14,15). The largest absolute Gasteiger partial charge is 0.479 e. The lowest BCUT2D eigenvalue weighted by molar-refractivity contribution is -0.150. The van der Waals surface area contributed by atoms with Gasteiger partial charge in [-0.1, -0.05) is 28.1 Å². The van der Waals surface area contributed by atoms with E-state index >= 15 is 0 Å². The summed E-state index contributed by atoms with van der Waals surface area (Å²) in [6.07, 6.45) is -3.18. The van der Waals surface area contributed by atoms with E-state index in [2.05, 4.69) is 15.9 Å².